The van der Waals surface area contributed by atoms with E-state index in [0.717, 1.165) is 0 Å². The Hall–Kier alpha value is -1.62. The number of ether oxygens (including phenoxy) is 1. The van der Waals surface area contributed by atoms with Gasteiger partial charge >= 0.3 is 0 Å². The Bertz CT molecular complexity index is 397. The van der Waals surface area contributed by atoms with Crippen LogP contribution in [0.15, 0.2) is 18.2 Å². The van der Waals surface area contributed by atoms with Crippen molar-refractivity contribution in [3.05, 3.63) is 24.0 Å². The van der Waals surface area contributed by atoms with Gasteiger partial charge in [0.2, 0.25) is 0 Å². The average molecular weight is 240 g/mol. The lowest BCUT2D eigenvalue weighted by atomic mass is 10.0. The van der Waals surface area contributed by atoms with Crippen molar-refractivity contribution in [2.24, 2.45) is 0 Å². The SMILES string of the molecule is CCC(C)(OC)C(=O)Nc1cc(N)cc(F)c1. The zero-order chi connectivity index (χ0) is 13.1. The first-order valence-corrected chi connectivity index (χ1v) is 5.34. The number of amides is 1. The van der Waals surface area contributed by atoms with Crippen molar-refractivity contribution < 1.29 is 13.9 Å². The van der Waals surface area contributed by atoms with Crippen molar-refractivity contribution in [3.63, 3.8) is 0 Å². The smallest absolute Gasteiger partial charge is 0.256 e. The second-order valence-electron chi connectivity index (χ2n) is 4.02. The van der Waals surface area contributed by atoms with E-state index in [1.165, 1.54) is 25.3 Å². The number of nitrogens with one attached hydrogen (secondary N) is 1. The molecule has 5 heteroatoms. The molecule has 0 radical (unpaired) electrons. The summed E-state index contributed by atoms with van der Waals surface area (Å²) in [5, 5.41) is 2.58. The standard InChI is InChI=1S/C12H17FN2O2/c1-4-12(2,17-3)11(16)15-10-6-8(13)5-9(14)7-10/h5-7H,4,14H2,1-3H3,(H,15,16). The topological polar surface area (TPSA) is 64.3 Å². The lowest BCUT2D eigenvalue weighted by Gasteiger charge is -2.25. The normalized spacial score (nSPS) is 14.1. The van der Waals surface area contributed by atoms with E-state index in [-0.39, 0.29) is 11.6 Å². The number of carbonyl (C=O) groups is 1. The first-order chi connectivity index (χ1) is 7.91. The van der Waals surface area contributed by atoms with Crippen LogP contribution >= 0.6 is 0 Å². The number of hydrogen-bond donors (Lipinski definition) is 2. The van der Waals surface area contributed by atoms with Gasteiger partial charge in [-0.15, -0.1) is 0 Å². The Morgan fingerprint density at radius 3 is 2.65 bits per heavy atom. The molecular weight excluding hydrogens is 223 g/mol. The molecule has 0 aliphatic rings. The third kappa shape index (κ3) is 3.17. The maximum absolute atomic E-state index is 13.1. The van der Waals surface area contributed by atoms with Crippen molar-refractivity contribution in [1.82, 2.24) is 0 Å². The molecule has 0 aliphatic carbocycles. The summed E-state index contributed by atoms with van der Waals surface area (Å²) in [6.07, 6.45) is 0.514. The highest BCUT2D eigenvalue weighted by Crippen LogP contribution is 2.20. The van der Waals surface area contributed by atoms with Gasteiger partial charge in [-0.1, -0.05) is 6.92 Å². The minimum absolute atomic E-state index is 0.260. The molecule has 0 heterocycles. The Kier molecular flexibility index (Phi) is 4.07. The van der Waals surface area contributed by atoms with Crippen molar-refractivity contribution >= 4 is 17.3 Å². The number of carbonyl (C=O) groups excluding carboxylic acids is 1. The van der Waals surface area contributed by atoms with E-state index in [2.05, 4.69) is 5.32 Å². The molecule has 1 amide bonds. The zero-order valence-corrected chi connectivity index (χ0v) is 10.2. The first-order valence-electron chi connectivity index (χ1n) is 5.34. The fourth-order valence-corrected chi connectivity index (χ4v) is 1.35. The molecule has 1 aromatic rings. The first kappa shape index (κ1) is 13.4. The second-order valence-corrected chi connectivity index (χ2v) is 4.02. The molecule has 0 fully saturated rings. The van der Waals surface area contributed by atoms with Crippen LogP contribution < -0.4 is 11.1 Å². The van der Waals surface area contributed by atoms with E-state index in [1.54, 1.807) is 6.92 Å². The summed E-state index contributed by atoms with van der Waals surface area (Å²) in [5.74, 6) is -0.816. The van der Waals surface area contributed by atoms with Crippen LogP contribution in [-0.4, -0.2) is 18.6 Å². The van der Waals surface area contributed by atoms with Gasteiger partial charge in [0, 0.05) is 18.5 Å². The highest BCUT2D eigenvalue weighted by atomic mass is 19.1. The fraction of sp³-hybridized carbons (Fsp3) is 0.417. The van der Waals surface area contributed by atoms with Gasteiger partial charge in [0.05, 0.1) is 0 Å². The number of rotatable bonds is 4. The summed E-state index contributed by atoms with van der Waals surface area (Å²) in [7, 11) is 1.46. The van der Waals surface area contributed by atoms with Crippen LogP contribution in [0.4, 0.5) is 15.8 Å². The second kappa shape index (κ2) is 5.14. The van der Waals surface area contributed by atoms with E-state index < -0.39 is 11.4 Å². The summed E-state index contributed by atoms with van der Waals surface area (Å²) >= 11 is 0. The molecule has 0 bridgehead atoms. The van der Waals surface area contributed by atoms with Crippen molar-refractivity contribution in [3.8, 4) is 0 Å². The molecular formula is C12H17FN2O2. The third-order valence-electron chi connectivity index (χ3n) is 2.78. The summed E-state index contributed by atoms with van der Waals surface area (Å²) in [5.41, 5.74) is 5.14. The Morgan fingerprint density at radius 1 is 1.53 bits per heavy atom. The average Bonchev–Trinajstić information content (AvgIpc) is 2.26. The van der Waals surface area contributed by atoms with Crippen LogP contribution in [0.25, 0.3) is 0 Å². The van der Waals surface area contributed by atoms with Gasteiger partial charge in [-0.3, -0.25) is 4.79 Å². The van der Waals surface area contributed by atoms with Crippen molar-refractivity contribution in [1.29, 1.82) is 0 Å². The van der Waals surface area contributed by atoms with E-state index in [9.17, 15) is 9.18 Å². The molecule has 1 unspecified atom stereocenters. The monoisotopic (exact) mass is 240 g/mol. The van der Waals surface area contributed by atoms with Crippen LogP contribution in [0.5, 0.6) is 0 Å². The van der Waals surface area contributed by atoms with Gasteiger partial charge in [0.25, 0.3) is 5.91 Å². The Balaban J connectivity index is 2.87. The number of anilines is 2. The highest BCUT2D eigenvalue weighted by Gasteiger charge is 2.30. The van der Waals surface area contributed by atoms with Crippen LogP contribution in [-0.2, 0) is 9.53 Å². The van der Waals surface area contributed by atoms with Gasteiger partial charge in [-0.25, -0.2) is 4.39 Å². The van der Waals surface area contributed by atoms with Gasteiger partial charge in [-0.05, 0) is 31.5 Å². The van der Waals surface area contributed by atoms with Crippen LogP contribution in [0.1, 0.15) is 20.3 Å². The van der Waals surface area contributed by atoms with Crippen LogP contribution in [0, 0.1) is 5.82 Å². The summed E-state index contributed by atoms with van der Waals surface area (Å²) in [4.78, 5) is 11.9. The van der Waals surface area contributed by atoms with Gasteiger partial charge < -0.3 is 15.8 Å². The third-order valence-corrected chi connectivity index (χ3v) is 2.78. The van der Waals surface area contributed by atoms with Crippen LogP contribution in [0.2, 0.25) is 0 Å². The molecule has 3 N–H and O–H groups in total. The van der Waals surface area contributed by atoms with E-state index >= 15 is 0 Å². The molecule has 0 aliphatic heterocycles. The molecule has 17 heavy (non-hydrogen) atoms. The van der Waals surface area contributed by atoms with Gasteiger partial charge in [0.15, 0.2) is 0 Å². The molecule has 0 spiro atoms. The van der Waals surface area contributed by atoms with E-state index in [1.807, 2.05) is 6.92 Å². The van der Waals surface area contributed by atoms with Gasteiger partial charge in [-0.2, -0.15) is 0 Å². The lowest BCUT2D eigenvalue weighted by molar-refractivity contribution is -0.136. The number of nitrogens with two attached hydrogens (primary N) is 1. The molecule has 4 nitrogen and oxygen atoms in total. The minimum Gasteiger partial charge on any atom is -0.399 e. The fourth-order valence-electron chi connectivity index (χ4n) is 1.35. The summed E-state index contributed by atoms with van der Waals surface area (Å²) in [6.45, 7) is 3.51. The van der Waals surface area contributed by atoms with E-state index in [4.69, 9.17) is 10.5 Å². The van der Waals surface area contributed by atoms with Gasteiger partial charge in [0.1, 0.15) is 11.4 Å². The number of hydrogen-bond acceptors (Lipinski definition) is 3. The van der Waals surface area contributed by atoms with Crippen molar-refractivity contribution in [2.75, 3.05) is 18.2 Å². The molecule has 94 valence electrons. The molecule has 0 aromatic heterocycles. The number of methoxy groups -OCH3 is 1. The quantitative estimate of drug-likeness (QED) is 0.793. The molecule has 0 saturated heterocycles. The zero-order valence-electron chi connectivity index (χ0n) is 10.2. The summed E-state index contributed by atoms with van der Waals surface area (Å²) in [6, 6.07) is 3.89. The number of benzene rings is 1. The molecule has 0 saturated carbocycles. The maximum Gasteiger partial charge on any atom is 0.256 e. The van der Waals surface area contributed by atoms with E-state index in [0.29, 0.717) is 12.1 Å². The lowest BCUT2D eigenvalue weighted by Crippen LogP contribution is -2.41. The summed E-state index contributed by atoms with van der Waals surface area (Å²) < 4.78 is 18.2. The highest BCUT2D eigenvalue weighted by molar-refractivity contribution is 5.97. The Morgan fingerprint density at radius 2 is 2.18 bits per heavy atom. The molecule has 1 aromatic carbocycles. The number of nitrogen functional groups attached to an aromatic ring is 1. The predicted octanol–water partition coefficient (Wildman–Crippen LogP) is 2.16. The predicted molar refractivity (Wildman–Crippen MR) is 65.1 cm³/mol. The minimum atomic E-state index is -0.929. The Labute approximate surface area is 100.0 Å². The maximum atomic E-state index is 13.1. The molecule has 1 rings (SSSR count). The van der Waals surface area contributed by atoms with Crippen LogP contribution in [0.3, 0.4) is 0 Å². The van der Waals surface area contributed by atoms with Crippen molar-refractivity contribution in [2.45, 2.75) is 25.9 Å². The molecule has 1 atom stereocenters. The largest absolute Gasteiger partial charge is 0.399 e. The number of halogens is 1.